The van der Waals surface area contributed by atoms with Gasteiger partial charge < -0.3 is 4.90 Å². The lowest BCUT2D eigenvalue weighted by Gasteiger charge is -2.35. The minimum absolute atomic E-state index is 0.319. The number of rotatable bonds is 4. The molecule has 1 unspecified atom stereocenters. The quantitative estimate of drug-likeness (QED) is 0.822. The molecule has 0 N–H and O–H groups in total. The first-order valence-corrected chi connectivity index (χ1v) is 8.14. The number of hydrogen-bond acceptors (Lipinski definition) is 5. The smallest absolute Gasteiger partial charge is 0.230 e. The summed E-state index contributed by atoms with van der Waals surface area (Å²) in [5.74, 6) is 0.858. The van der Waals surface area contributed by atoms with Crippen molar-refractivity contribution in [1.29, 1.82) is 5.26 Å². The lowest BCUT2D eigenvalue weighted by atomic mass is 10.3. The number of anilines is 1. The van der Waals surface area contributed by atoms with Crippen molar-refractivity contribution in [2.75, 3.05) is 31.1 Å². The van der Waals surface area contributed by atoms with E-state index in [4.69, 9.17) is 5.26 Å². The third-order valence-electron chi connectivity index (χ3n) is 3.45. The Kier molecular flexibility index (Phi) is 4.57. The maximum Gasteiger partial charge on any atom is 0.230 e. The molecule has 1 aliphatic heterocycles. The predicted molar refractivity (Wildman–Crippen MR) is 76.6 cm³/mol. The molecule has 0 amide bonds. The van der Waals surface area contributed by atoms with Gasteiger partial charge in [0, 0.05) is 32.4 Å². The zero-order valence-electron chi connectivity index (χ0n) is 11.4. The highest BCUT2D eigenvalue weighted by atomic mass is 32.2. The molecule has 20 heavy (non-hydrogen) atoms. The van der Waals surface area contributed by atoms with Crippen molar-refractivity contribution in [1.82, 2.24) is 9.29 Å². The van der Waals surface area contributed by atoms with Crippen molar-refractivity contribution in [3.63, 3.8) is 0 Å². The summed E-state index contributed by atoms with van der Waals surface area (Å²) in [7, 11) is -3.50. The molecule has 1 aromatic heterocycles. The summed E-state index contributed by atoms with van der Waals surface area (Å²) < 4.78 is 25.9. The Morgan fingerprint density at radius 1 is 1.35 bits per heavy atom. The summed E-state index contributed by atoms with van der Waals surface area (Å²) in [4.78, 5) is 6.32. The third-order valence-corrected chi connectivity index (χ3v) is 5.69. The maximum absolute atomic E-state index is 12.3. The summed E-state index contributed by atoms with van der Waals surface area (Å²) >= 11 is 0. The molecular weight excluding hydrogens is 276 g/mol. The molecule has 1 fully saturated rings. The zero-order valence-corrected chi connectivity index (χ0v) is 12.3. The average Bonchev–Trinajstić information content (AvgIpc) is 2.49. The molecule has 0 bridgehead atoms. The zero-order chi connectivity index (χ0) is 14.6. The van der Waals surface area contributed by atoms with E-state index in [-0.39, 0.29) is 0 Å². The molecule has 0 spiro atoms. The predicted octanol–water partition coefficient (Wildman–Crippen LogP) is 0.836. The Balaban J connectivity index is 2.03. The van der Waals surface area contributed by atoms with Crippen molar-refractivity contribution in [3.8, 4) is 6.07 Å². The van der Waals surface area contributed by atoms with E-state index in [0.717, 1.165) is 5.82 Å². The van der Waals surface area contributed by atoms with Gasteiger partial charge in [0.1, 0.15) is 5.82 Å². The van der Waals surface area contributed by atoms with Crippen molar-refractivity contribution < 1.29 is 8.42 Å². The summed E-state index contributed by atoms with van der Waals surface area (Å²) in [6.45, 7) is 3.71. The summed E-state index contributed by atoms with van der Waals surface area (Å²) in [5, 5.41) is 8.01. The Hall–Kier alpha value is -1.65. The van der Waals surface area contributed by atoms with Gasteiger partial charge in [-0.05, 0) is 18.6 Å². The van der Waals surface area contributed by atoms with Gasteiger partial charge in [0.2, 0.25) is 10.0 Å². The Labute approximate surface area is 119 Å². The molecule has 1 saturated heterocycles. The highest BCUT2D eigenvalue weighted by Gasteiger charge is 2.33. The van der Waals surface area contributed by atoms with Crippen LogP contribution in [-0.2, 0) is 10.0 Å². The van der Waals surface area contributed by atoms with E-state index in [1.165, 1.54) is 4.31 Å². The largest absolute Gasteiger partial charge is 0.354 e. The summed E-state index contributed by atoms with van der Waals surface area (Å²) in [6, 6.07) is 7.55. The second-order valence-corrected chi connectivity index (χ2v) is 6.76. The van der Waals surface area contributed by atoms with Crippen molar-refractivity contribution in [2.45, 2.75) is 18.6 Å². The standard InChI is InChI=1S/C13H18N4O2S/c1-2-12(11-14)20(18,19)17-9-7-16(8-10-17)13-5-3-4-6-15-13/h3-6,12H,2,7-10H2,1H3. The van der Waals surface area contributed by atoms with Crippen molar-refractivity contribution in [3.05, 3.63) is 24.4 Å². The Morgan fingerprint density at radius 3 is 2.55 bits per heavy atom. The van der Waals surface area contributed by atoms with E-state index >= 15 is 0 Å². The van der Waals surface area contributed by atoms with Crippen LogP contribution in [0.5, 0.6) is 0 Å². The molecule has 1 aliphatic rings. The SMILES string of the molecule is CCC(C#N)S(=O)(=O)N1CCN(c2ccccn2)CC1. The van der Waals surface area contributed by atoms with E-state index in [1.807, 2.05) is 24.3 Å². The van der Waals surface area contributed by atoms with E-state index < -0.39 is 15.3 Å². The van der Waals surface area contributed by atoms with Gasteiger partial charge in [-0.25, -0.2) is 13.4 Å². The molecule has 0 saturated carbocycles. The molecule has 2 rings (SSSR count). The molecule has 0 aromatic carbocycles. The van der Waals surface area contributed by atoms with E-state index in [0.29, 0.717) is 32.6 Å². The third kappa shape index (κ3) is 2.92. The topological polar surface area (TPSA) is 77.3 Å². The van der Waals surface area contributed by atoms with E-state index in [2.05, 4.69) is 9.88 Å². The molecule has 0 aliphatic carbocycles. The second-order valence-electron chi connectivity index (χ2n) is 4.64. The number of pyridine rings is 1. The summed E-state index contributed by atoms with van der Waals surface area (Å²) in [6.07, 6.45) is 2.04. The molecule has 1 aromatic rings. The van der Waals surface area contributed by atoms with Gasteiger partial charge in [0.25, 0.3) is 0 Å². The van der Waals surface area contributed by atoms with Gasteiger partial charge in [-0.2, -0.15) is 9.57 Å². The molecule has 6 nitrogen and oxygen atoms in total. The first-order valence-electron chi connectivity index (χ1n) is 6.64. The molecule has 108 valence electrons. The normalized spacial score (nSPS) is 18.5. The van der Waals surface area contributed by atoms with Gasteiger partial charge >= 0.3 is 0 Å². The van der Waals surface area contributed by atoms with Crippen LogP contribution >= 0.6 is 0 Å². The van der Waals surface area contributed by atoms with Crippen LogP contribution in [0, 0.1) is 11.3 Å². The van der Waals surface area contributed by atoms with Gasteiger partial charge in [-0.15, -0.1) is 0 Å². The fraction of sp³-hybridized carbons (Fsp3) is 0.538. The van der Waals surface area contributed by atoms with Crippen molar-refractivity contribution in [2.24, 2.45) is 0 Å². The van der Waals surface area contributed by atoms with Gasteiger partial charge in [0.15, 0.2) is 5.25 Å². The molecule has 2 heterocycles. The average molecular weight is 294 g/mol. The Morgan fingerprint density at radius 2 is 2.05 bits per heavy atom. The fourth-order valence-corrected chi connectivity index (χ4v) is 3.85. The van der Waals surface area contributed by atoms with Crippen LogP contribution in [0.2, 0.25) is 0 Å². The number of sulfonamides is 1. The number of nitriles is 1. The molecule has 7 heteroatoms. The summed E-state index contributed by atoms with van der Waals surface area (Å²) in [5.41, 5.74) is 0. The Bertz CT molecular complexity index is 574. The second kappa shape index (κ2) is 6.20. The first-order chi connectivity index (χ1) is 9.59. The molecular formula is C13H18N4O2S. The fourth-order valence-electron chi connectivity index (χ4n) is 2.26. The molecule has 0 radical (unpaired) electrons. The van der Waals surface area contributed by atoms with Gasteiger partial charge in [0.05, 0.1) is 6.07 Å². The minimum Gasteiger partial charge on any atom is -0.354 e. The lowest BCUT2D eigenvalue weighted by Crippen LogP contribution is -2.51. The van der Waals surface area contributed by atoms with E-state index in [9.17, 15) is 8.42 Å². The lowest BCUT2D eigenvalue weighted by molar-refractivity contribution is 0.380. The van der Waals surface area contributed by atoms with Crippen LogP contribution in [0.3, 0.4) is 0 Å². The molecule has 1 atom stereocenters. The minimum atomic E-state index is -3.50. The highest BCUT2D eigenvalue weighted by molar-refractivity contribution is 7.90. The van der Waals surface area contributed by atoms with Crippen LogP contribution in [0.1, 0.15) is 13.3 Å². The van der Waals surface area contributed by atoms with Crippen LogP contribution < -0.4 is 4.90 Å². The van der Waals surface area contributed by atoms with Crippen LogP contribution in [0.4, 0.5) is 5.82 Å². The number of piperazine rings is 1. The monoisotopic (exact) mass is 294 g/mol. The van der Waals surface area contributed by atoms with Crippen LogP contribution in [0.25, 0.3) is 0 Å². The van der Waals surface area contributed by atoms with Crippen molar-refractivity contribution >= 4 is 15.8 Å². The van der Waals surface area contributed by atoms with Crippen LogP contribution in [-0.4, -0.2) is 49.1 Å². The van der Waals surface area contributed by atoms with Gasteiger partial charge in [-0.3, -0.25) is 0 Å². The van der Waals surface area contributed by atoms with E-state index in [1.54, 1.807) is 13.1 Å². The van der Waals surface area contributed by atoms with Gasteiger partial charge in [-0.1, -0.05) is 13.0 Å². The number of nitrogens with zero attached hydrogens (tertiary/aromatic N) is 4. The number of hydrogen-bond donors (Lipinski definition) is 0. The van der Waals surface area contributed by atoms with Crippen LogP contribution in [0.15, 0.2) is 24.4 Å². The first kappa shape index (κ1) is 14.8. The number of aromatic nitrogens is 1. The highest BCUT2D eigenvalue weighted by Crippen LogP contribution is 2.17. The maximum atomic E-state index is 12.3.